The second-order valence-electron chi connectivity index (χ2n) is 11.6. The van der Waals surface area contributed by atoms with Crippen molar-refractivity contribution in [3.63, 3.8) is 0 Å². The van der Waals surface area contributed by atoms with E-state index < -0.39 is 23.3 Å². The van der Waals surface area contributed by atoms with Crippen LogP contribution in [0.4, 0.5) is 23.9 Å². The largest absolute Gasteiger partial charge is 0.491 e. The fourth-order valence-electron chi connectivity index (χ4n) is 6.30. The van der Waals surface area contributed by atoms with Crippen LogP contribution < -0.4 is 15.0 Å². The van der Waals surface area contributed by atoms with Gasteiger partial charge in [-0.2, -0.15) is 4.37 Å². The van der Waals surface area contributed by atoms with E-state index in [0.29, 0.717) is 26.2 Å². The van der Waals surface area contributed by atoms with Crippen molar-refractivity contribution in [1.29, 1.82) is 0 Å². The monoisotopic (exact) mass is 588 g/mol. The molecule has 6 nitrogen and oxygen atoms in total. The van der Waals surface area contributed by atoms with Gasteiger partial charge in [0.2, 0.25) is 0 Å². The van der Waals surface area contributed by atoms with E-state index in [2.05, 4.69) is 27.2 Å². The maximum Gasteiger partial charge on any atom is 0.276 e. The molecule has 0 radical (unpaired) electrons. The molecule has 222 valence electrons. The first kappa shape index (κ1) is 28.6. The number of nitrogens with zero attached hydrogens (tertiary/aromatic N) is 3. The summed E-state index contributed by atoms with van der Waals surface area (Å²) >= 11 is 1.28. The van der Waals surface area contributed by atoms with Gasteiger partial charge in [-0.15, -0.1) is 0 Å². The minimum Gasteiger partial charge on any atom is -0.491 e. The van der Waals surface area contributed by atoms with Crippen molar-refractivity contribution < 1.29 is 22.6 Å². The molecule has 2 fully saturated rings. The summed E-state index contributed by atoms with van der Waals surface area (Å²) in [4.78, 5) is 4.70. The van der Waals surface area contributed by atoms with Crippen molar-refractivity contribution in [3.05, 3.63) is 47.3 Å². The molecule has 2 saturated heterocycles. The van der Waals surface area contributed by atoms with Crippen LogP contribution in [0.15, 0.2) is 30.3 Å². The number of rotatable bonds is 1. The van der Waals surface area contributed by atoms with Crippen molar-refractivity contribution in [1.82, 2.24) is 9.27 Å². The van der Waals surface area contributed by atoms with Gasteiger partial charge in [-0.1, -0.05) is 18.2 Å². The molecule has 8 bridgehead atoms. The third-order valence-corrected chi connectivity index (χ3v) is 9.64. The van der Waals surface area contributed by atoms with Crippen LogP contribution in [0.25, 0.3) is 10.9 Å². The Labute approximate surface area is 244 Å². The van der Waals surface area contributed by atoms with Crippen molar-refractivity contribution in [2.24, 2.45) is 5.92 Å². The number of hydrogen-bond acceptors (Lipinski definition) is 7. The zero-order chi connectivity index (χ0) is 28.4. The highest BCUT2D eigenvalue weighted by atomic mass is 32.1. The average Bonchev–Trinajstić information content (AvgIpc) is 3.39. The summed E-state index contributed by atoms with van der Waals surface area (Å²) in [6, 6.07) is 7.99. The maximum absolute atomic E-state index is 15.7. The molecule has 3 aromatic rings. The fourth-order valence-corrected chi connectivity index (χ4v) is 7.15. The first-order valence-corrected chi connectivity index (χ1v) is 15.7. The van der Waals surface area contributed by atoms with Gasteiger partial charge >= 0.3 is 0 Å². The molecular weight excluding hydrogens is 549 g/mol. The smallest absolute Gasteiger partial charge is 0.276 e. The Kier molecular flexibility index (Phi) is 8.60. The van der Waals surface area contributed by atoms with Gasteiger partial charge in [-0.3, -0.25) is 0 Å². The van der Waals surface area contributed by atoms with Crippen molar-refractivity contribution >= 4 is 33.1 Å². The Balaban J connectivity index is 1.35. The Morgan fingerprint density at radius 3 is 2.61 bits per heavy atom. The molecule has 0 saturated carbocycles. The van der Waals surface area contributed by atoms with Crippen molar-refractivity contribution in [3.8, 4) is 5.75 Å². The van der Waals surface area contributed by atoms with Crippen LogP contribution >= 0.6 is 11.5 Å². The number of piperidine rings is 1. The fraction of sp³-hybridized carbons (Fsp3) is 0.581. The van der Waals surface area contributed by atoms with Crippen LogP contribution in [-0.2, 0) is 10.7 Å². The number of halogens is 3. The van der Waals surface area contributed by atoms with Crippen LogP contribution in [0.3, 0.4) is 0 Å². The minimum atomic E-state index is -3.22. The summed E-state index contributed by atoms with van der Waals surface area (Å²) in [5.41, 5.74) is 1.51. The lowest BCUT2D eigenvalue weighted by Crippen LogP contribution is -2.36. The molecule has 0 aliphatic carbocycles. The van der Waals surface area contributed by atoms with Gasteiger partial charge in [-0.25, -0.2) is 13.2 Å². The number of morpholine rings is 1. The Hall–Kier alpha value is -2.56. The van der Waals surface area contributed by atoms with E-state index in [1.54, 1.807) is 19.1 Å². The van der Waals surface area contributed by atoms with Gasteiger partial charge in [0.25, 0.3) is 5.92 Å². The average molecular weight is 589 g/mol. The number of hydrogen-bond donors (Lipinski definition) is 1. The quantitative estimate of drug-likeness (QED) is 0.325. The van der Waals surface area contributed by atoms with E-state index in [4.69, 9.17) is 13.8 Å². The normalized spacial score (nSPS) is 25.9. The first-order chi connectivity index (χ1) is 19.9. The molecule has 4 aliphatic rings. The zero-order valence-electron chi connectivity index (χ0n) is 23.6. The predicted molar refractivity (Wildman–Crippen MR) is 158 cm³/mol. The second kappa shape index (κ2) is 12.4. The van der Waals surface area contributed by atoms with Crippen molar-refractivity contribution in [2.45, 2.75) is 57.4 Å². The number of alkyl halides is 2. The van der Waals surface area contributed by atoms with E-state index in [1.165, 1.54) is 17.6 Å². The van der Waals surface area contributed by atoms with E-state index >= 15 is 13.2 Å². The van der Waals surface area contributed by atoms with Crippen LogP contribution in [0.2, 0.25) is 0 Å². The molecule has 2 aromatic carbocycles. The molecule has 10 heteroatoms. The highest BCUT2D eigenvalue weighted by Gasteiger charge is 2.36. The van der Waals surface area contributed by atoms with Gasteiger partial charge in [0, 0.05) is 42.2 Å². The molecule has 5 heterocycles. The predicted octanol–water partition coefficient (Wildman–Crippen LogP) is 7.20. The summed E-state index contributed by atoms with van der Waals surface area (Å²) in [6.45, 7) is 8.12. The van der Waals surface area contributed by atoms with Crippen molar-refractivity contribution in [2.75, 3.05) is 62.8 Å². The van der Waals surface area contributed by atoms with Crippen LogP contribution in [-0.4, -0.2) is 61.8 Å². The molecule has 7 rings (SSSR count). The molecule has 1 N–H and O–H groups in total. The van der Waals surface area contributed by atoms with E-state index in [-0.39, 0.29) is 17.9 Å². The van der Waals surface area contributed by atoms with Crippen LogP contribution in [0.1, 0.15) is 62.6 Å². The molecule has 1 aromatic heterocycles. The topological polar surface area (TPSA) is 49.9 Å². The van der Waals surface area contributed by atoms with Crippen LogP contribution in [0, 0.1) is 11.7 Å². The molecule has 0 spiro atoms. The molecular formula is C31H39F3N4O2S. The molecule has 4 aliphatic heterocycles. The Bertz CT molecular complexity index is 1340. The van der Waals surface area contributed by atoms with Gasteiger partial charge in [-0.05, 0) is 82.2 Å². The molecule has 0 amide bonds. The Morgan fingerprint density at radius 2 is 1.80 bits per heavy atom. The third kappa shape index (κ3) is 6.29. The molecule has 41 heavy (non-hydrogen) atoms. The number of aromatic nitrogens is 1. The summed E-state index contributed by atoms with van der Waals surface area (Å²) in [5, 5.41) is 5.03. The summed E-state index contributed by atoms with van der Waals surface area (Å²) in [6.07, 6.45) is 3.85. The SMILES string of the molecule is C[C@H]1Nc2snc3c(cc(N4CCOCC4)cc23)OCCCCN2CCC(CC2)CCC(F)(F)c2cccc1c2F. The van der Waals surface area contributed by atoms with E-state index in [1.807, 2.05) is 0 Å². The van der Waals surface area contributed by atoms with E-state index in [9.17, 15) is 0 Å². The Morgan fingerprint density at radius 1 is 1.00 bits per heavy atom. The lowest BCUT2D eigenvalue weighted by molar-refractivity contribution is -0.0249. The van der Waals surface area contributed by atoms with Gasteiger partial charge in [0.1, 0.15) is 22.1 Å². The lowest BCUT2D eigenvalue weighted by atomic mass is 9.88. The van der Waals surface area contributed by atoms with E-state index in [0.717, 1.165) is 85.7 Å². The summed E-state index contributed by atoms with van der Waals surface area (Å²) in [7, 11) is 0. The minimum absolute atomic E-state index is 0.226. The molecule has 0 unspecified atom stereocenters. The molecule has 1 atom stereocenters. The number of benzene rings is 2. The first-order valence-electron chi connectivity index (χ1n) is 14.9. The summed E-state index contributed by atoms with van der Waals surface area (Å²) in [5.74, 6) is -3.06. The number of anilines is 2. The second-order valence-corrected chi connectivity index (χ2v) is 12.4. The third-order valence-electron chi connectivity index (χ3n) is 8.85. The lowest BCUT2D eigenvalue weighted by Gasteiger charge is -2.32. The number of nitrogens with one attached hydrogen (secondary N) is 1. The van der Waals surface area contributed by atoms with Gasteiger partial charge in [0.15, 0.2) is 0 Å². The summed E-state index contributed by atoms with van der Waals surface area (Å²) < 4.78 is 63.2. The highest BCUT2D eigenvalue weighted by Crippen LogP contribution is 2.42. The van der Waals surface area contributed by atoms with Gasteiger partial charge in [0.05, 0.1) is 31.4 Å². The standard InChI is InChI=1S/C31H39F3N4O2S/c1-21-24-5-4-6-26(28(24)32)31(33,34)10-7-22-8-12-37(13-9-22)11-2-3-16-40-27-20-23(38-14-17-39-18-15-38)19-25-29(27)36-41-30(25)35-21/h4-6,19-22,35H,2-3,7-18H2,1H3/t21-/m1/s1. The number of fused-ring (bicyclic) bond motifs is 9. The van der Waals surface area contributed by atoms with Gasteiger partial charge < -0.3 is 24.6 Å². The van der Waals surface area contributed by atoms with Crippen LogP contribution in [0.5, 0.6) is 5.75 Å². The zero-order valence-corrected chi connectivity index (χ0v) is 24.5. The maximum atomic E-state index is 15.7. The number of ether oxygens (including phenoxy) is 2. The highest BCUT2D eigenvalue weighted by molar-refractivity contribution is 7.11.